The third-order valence-corrected chi connectivity index (χ3v) is 7.46. The molecule has 6 rings (SSSR count). The van der Waals surface area contributed by atoms with Crippen LogP contribution in [0.1, 0.15) is 39.3 Å². The SMILES string of the molecule is CC1(C)[C@H]2CC(CCNc3nc(N)c4ncn([C@@H]5O[C@H](CO)[C@@H](O)[C@H]5O)c4n3)=C[C@@H]1C2. The quantitative estimate of drug-likeness (QED) is 0.419. The van der Waals surface area contributed by atoms with Crippen molar-refractivity contribution < 1.29 is 20.1 Å². The highest BCUT2D eigenvalue weighted by Crippen LogP contribution is 2.58. The number of nitrogens with two attached hydrogens (primary N) is 1. The zero-order valence-corrected chi connectivity index (χ0v) is 17.8. The van der Waals surface area contributed by atoms with Crippen molar-refractivity contribution in [2.75, 3.05) is 24.2 Å². The summed E-state index contributed by atoms with van der Waals surface area (Å²) in [6, 6.07) is 0. The van der Waals surface area contributed by atoms with Crippen LogP contribution in [0.3, 0.4) is 0 Å². The molecule has 3 heterocycles. The number of hydrogen-bond acceptors (Lipinski definition) is 9. The first-order valence-electron chi connectivity index (χ1n) is 10.9. The number of aliphatic hydroxyl groups excluding tert-OH is 3. The van der Waals surface area contributed by atoms with Crippen molar-refractivity contribution in [3.63, 3.8) is 0 Å². The molecule has 168 valence electrons. The molecular formula is C21H30N6O4. The minimum absolute atomic E-state index is 0.220. The van der Waals surface area contributed by atoms with Gasteiger partial charge in [0.15, 0.2) is 17.7 Å². The fourth-order valence-electron chi connectivity index (χ4n) is 5.19. The van der Waals surface area contributed by atoms with Crippen molar-refractivity contribution in [3.05, 3.63) is 18.0 Å². The topological polar surface area (TPSA) is 152 Å². The second kappa shape index (κ2) is 7.40. The number of anilines is 2. The van der Waals surface area contributed by atoms with E-state index >= 15 is 0 Å². The zero-order valence-electron chi connectivity index (χ0n) is 17.8. The number of imidazole rings is 1. The Hall–Kier alpha value is -2.27. The average Bonchev–Trinajstić information content (AvgIpc) is 3.29. The molecule has 1 saturated heterocycles. The van der Waals surface area contributed by atoms with E-state index in [0.717, 1.165) is 18.8 Å². The fourth-order valence-corrected chi connectivity index (χ4v) is 5.19. The third kappa shape index (κ3) is 3.29. The van der Waals surface area contributed by atoms with Crippen LogP contribution in [0.25, 0.3) is 11.2 Å². The number of nitrogens with one attached hydrogen (secondary N) is 1. The van der Waals surface area contributed by atoms with Crippen molar-refractivity contribution in [2.24, 2.45) is 17.3 Å². The van der Waals surface area contributed by atoms with Crippen LogP contribution in [0.4, 0.5) is 11.8 Å². The lowest BCUT2D eigenvalue weighted by atomic mass is 9.50. The van der Waals surface area contributed by atoms with Crippen LogP contribution >= 0.6 is 0 Å². The van der Waals surface area contributed by atoms with Crippen LogP contribution in [0.2, 0.25) is 0 Å². The van der Waals surface area contributed by atoms with Crippen LogP contribution in [-0.2, 0) is 4.74 Å². The number of rotatable bonds is 6. The van der Waals surface area contributed by atoms with Gasteiger partial charge in [0, 0.05) is 6.54 Å². The highest BCUT2D eigenvalue weighted by molar-refractivity contribution is 5.83. The van der Waals surface area contributed by atoms with E-state index in [-0.39, 0.29) is 5.82 Å². The highest BCUT2D eigenvalue weighted by atomic mass is 16.6. The number of allylic oxidation sites excluding steroid dienone is 1. The van der Waals surface area contributed by atoms with Crippen LogP contribution < -0.4 is 11.1 Å². The molecule has 6 atom stereocenters. The Morgan fingerprint density at radius 2 is 2.10 bits per heavy atom. The smallest absolute Gasteiger partial charge is 0.226 e. The molecule has 3 aliphatic carbocycles. The molecule has 0 unspecified atom stereocenters. The number of nitrogen functional groups attached to an aromatic ring is 1. The van der Waals surface area contributed by atoms with Gasteiger partial charge >= 0.3 is 0 Å². The van der Waals surface area contributed by atoms with E-state index < -0.39 is 31.1 Å². The molecule has 10 heteroatoms. The maximum absolute atomic E-state index is 10.3. The van der Waals surface area contributed by atoms with E-state index in [9.17, 15) is 15.3 Å². The molecule has 1 saturated carbocycles. The Morgan fingerprint density at radius 1 is 1.29 bits per heavy atom. The number of aromatic nitrogens is 4. The predicted octanol–water partition coefficient (Wildman–Crippen LogP) is 0.814. The minimum atomic E-state index is -1.23. The molecule has 0 spiro atoms. The van der Waals surface area contributed by atoms with E-state index in [1.165, 1.54) is 22.9 Å². The van der Waals surface area contributed by atoms with Gasteiger partial charge in [-0.15, -0.1) is 0 Å². The molecule has 2 fully saturated rings. The molecule has 2 aromatic rings. The van der Waals surface area contributed by atoms with Gasteiger partial charge in [-0.2, -0.15) is 9.97 Å². The molecule has 0 radical (unpaired) electrons. The summed E-state index contributed by atoms with van der Waals surface area (Å²) in [6.45, 7) is 5.01. The predicted molar refractivity (Wildman–Crippen MR) is 114 cm³/mol. The van der Waals surface area contributed by atoms with Crippen LogP contribution in [0.5, 0.6) is 0 Å². The summed E-state index contributed by atoms with van der Waals surface area (Å²) in [5, 5.41) is 33.0. The molecule has 1 aliphatic heterocycles. The van der Waals surface area contributed by atoms with Gasteiger partial charge in [-0.25, -0.2) is 4.98 Å². The van der Waals surface area contributed by atoms with E-state index in [1.54, 1.807) is 0 Å². The van der Waals surface area contributed by atoms with E-state index in [0.29, 0.717) is 35.0 Å². The lowest BCUT2D eigenvalue weighted by molar-refractivity contribution is -0.0511. The monoisotopic (exact) mass is 430 g/mol. The number of ether oxygens (including phenoxy) is 1. The Labute approximate surface area is 180 Å². The normalized spacial score (nSPS) is 33.9. The molecule has 4 aliphatic rings. The standard InChI is InChI=1S/C21H30N6O4/c1-21(2)11-5-10(6-12(21)7-11)3-4-23-20-25-17(22)14-18(26-20)27(9-24-14)19-16(30)15(29)13(8-28)31-19/h5,9,11-13,15-16,19,28-30H,3-4,6-8H2,1-2H3,(H3,22,23,25,26)/t11-,12+,13-,15-,16-,19-/m1/s1. The van der Waals surface area contributed by atoms with E-state index in [2.05, 4.69) is 40.2 Å². The molecule has 6 N–H and O–H groups in total. The van der Waals surface area contributed by atoms with Crippen molar-refractivity contribution in [1.82, 2.24) is 19.5 Å². The van der Waals surface area contributed by atoms with Gasteiger partial charge in [-0.05, 0) is 36.5 Å². The first kappa shape index (κ1) is 20.6. The van der Waals surface area contributed by atoms with Gasteiger partial charge in [-0.1, -0.05) is 25.5 Å². The van der Waals surface area contributed by atoms with Crippen molar-refractivity contribution in [3.8, 4) is 0 Å². The first-order valence-corrected chi connectivity index (χ1v) is 10.9. The van der Waals surface area contributed by atoms with E-state index in [1.807, 2.05) is 0 Å². The van der Waals surface area contributed by atoms with Crippen molar-refractivity contribution in [1.29, 1.82) is 0 Å². The molecular weight excluding hydrogens is 400 g/mol. The summed E-state index contributed by atoms with van der Waals surface area (Å²) < 4.78 is 7.12. The second-order valence-corrected chi connectivity index (χ2v) is 9.55. The summed E-state index contributed by atoms with van der Waals surface area (Å²) in [4.78, 5) is 13.1. The number of nitrogens with zero attached hydrogens (tertiary/aromatic N) is 4. The van der Waals surface area contributed by atoms with Gasteiger partial charge in [0.2, 0.25) is 5.95 Å². The Kier molecular flexibility index (Phi) is 4.93. The molecule has 31 heavy (non-hydrogen) atoms. The van der Waals surface area contributed by atoms with Gasteiger partial charge in [0.1, 0.15) is 23.8 Å². The van der Waals surface area contributed by atoms with Crippen LogP contribution in [0, 0.1) is 17.3 Å². The largest absolute Gasteiger partial charge is 0.394 e. The third-order valence-electron chi connectivity index (χ3n) is 7.46. The Bertz CT molecular complexity index is 1020. The van der Waals surface area contributed by atoms with Gasteiger partial charge in [0.05, 0.1) is 12.9 Å². The van der Waals surface area contributed by atoms with Crippen LogP contribution in [-0.4, -0.2) is 66.3 Å². The molecule has 0 amide bonds. The van der Waals surface area contributed by atoms with Gasteiger partial charge in [-0.3, -0.25) is 4.57 Å². The Morgan fingerprint density at radius 3 is 2.74 bits per heavy atom. The van der Waals surface area contributed by atoms with E-state index in [4.69, 9.17) is 10.5 Å². The number of hydrogen-bond donors (Lipinski definition) is 5. The lowest BCUT2D eigenvalue weighted by Crippen LogP contribution is -2.46. The first-order chi connectivity index (χ1) is 14.8. The number of aliphatic hydroxyl groups is 3. The van der Waals surface area contributed by atoms with Crippen molar-refractivity contribution >= 4 is 22.9 Å². The molecule has 2 bridgehead atoms. The molecule has 0 aromatic carbocycles. The summed E-state index contributed by atoms with van der Waals surface area (Å²) >= 11 is 0. The number of fused-ring (bicyclic) bond motifs is 2. The van der Waals surface area contributed by atoms with Crippen molar-refractivity contribution in [2.45, 2.75) is 57.6 Å². The highest BCUT2D eigenvalue weighted by Gasteiger charge is 2.49. The van der Waals surface area contributed by atoms with Crippen LogP contribution in [0.15, 0.2) is 18.0 Å². The second-order valence-electron chi connectivity index (χ2n) is 9.55. The molecule has 10 nitrogen and oxygen atoms in total. The summed E-state index contributed by atoms with van der Waals surface area (Å²) in [5.74, 6) is 2.07. The van der Waals surface area contributed by atoms with Gasteiger partial charge in [0.25, 0.3) is 0 Å². The van der Waals surface area contributed by atoms with Gasteiger partial charge < -0.3 is 31.1 Å². The summed E-state index contributed by atoms with van der Waals surface area (Å²) in [6.07, 6.45) is 3.04. The lowest BCUT2D eigenvalue weighted by Gasteiger charge is -2.55. The summed E-state index contributed by atoms with van der Waals surface area (Å²) in [5.41, 5.74) is 8.79. The maximum atomic E-state index is 10.3. The maximum Gasteiger partial charge on any atom is 0.226 e. The fraction of sp³-hybridized carbons (Fsp3) is 0.667. The zero-order chi connectivity index (χ0) is 21.9. The molecule has 2 aromatic heterocycles. The summed E-state index contributed by atoms with van der Waals surface area (Å²) in [7, 11) is 0. The Balaban J connectivity index is 1.31. The minimum Gasteiger partial charge on any atom is -0.394 e. The average molecular weight is 431 g/mol.